The fourth-order valence-electron chi connectivity index (χ4n) is 9.93. The molecule has 6 atom stereocenters. The summed E-state index contributed by atoms with van der Waals surface area (Å²) in [4.78, 5) is 96.9. The van der Waals surface area contributed by atoms with Crippen molar-refractivity contribution < 1.29 is 33.6 Å². The Labute approximate surface area is 322 Å². The quantitative estimate of drug-likeness (QED) is 0.0959. The van der Waals surface area contributed by atoms with Crippen LogP contribution in [0.15, 0.2) is 0 Å². The molecule has 0 aromatic heterocycles. The number of nitrogens with one attached hydrogen (secondary N) is 4. The highest BCUT2D eigenvalue weighted by Gasteiger charge is 2.70. The number of likely N-dealkylation sites (tertiary alicyclic amines) is 1. The Bertz CT molecular complexity index is 1450. The summed E-state index contributed by atoms with van der Waals surface area (Å²) < 4.78 is 0. The molecule has 4 N–H and O–H groups in total. The van der Waals surface area contributed by atoms with Gasteiger partial charge in [-0.05, 0) is 74.0 Å². The molecule has 0 spiro atoms. The van der Waals surface area contributed by atoms with Gasteiger partial charge in [0.2, 0.25) is 17.6 Å². The molecule has 54 heavy (non-hydrogen) atoms. The summed E-state index contributed by atoms with van der Waals surface area (Å²) in [7, 11) is 0. The predicted octanol–water partition coefficient (Wildman–Crippen LogP) is 5.15. The number of ketones is 2. The molecule has 1 aliphatic heterocycles. The Balaban J connectivity index is 1.39. The number of hydrogen-bond donors (Lipinski definition) is 4. The van der Waals surface area contributed by atoms with Crippen molar-refractivity contribution in [1.29, 1.82) is 0 Å². The van der Waals surface area contributed by atoms with Gasteiger partial charge in [0, 0.05) is 23.5 Å². The largest absolute Gasteiger partial charge is 0.347 e. The van der Waals surface area contributed by atoms with Gasteiger partial charge in [0.05, 0.1) is 12.0 Å². The lowest BCUT2D eigenvalue weighted by molar-refractivity contribution is -0.146. The first-order valence-electron chi connectivity index (χ1n) is 20.9. The maximum absolute atomic E-state index is 15.0. The van der Waals surface area contributed by atoms with Gasteiger partial charge in [-0.25, -0.2) is 4.79 Å². The molecule has 0 bridgehead atoms. The van der Waals surface area contributed by atoms with Crippen LogP contribution in [0.1, 0.15) is 151 Å². The van der Waals surface area contributed by atoms with Crippen molar-refractivity contribution in [3.8, 4) is 0 Å². The van der Waals surface area contributed by atoms with Crippen molar-refractivity contribution in [3.63, 3.8) is 0 Å². The van der Waals surface area contributed by atoms with E-state index in [1.54, 1.807) is 25.7 Å². The number of carbonyl (C=O) groups is 7. The molecule has 6 unspecified atom stereocenters. The normalized spacial score (nSPS) is 26.9. The first-order valence-corrected chi connectivity index (χ1v) is 20.9. The van der Waals surface area contributed by atoms with E-state index in [1.807, 2.05) is 13.8 Å². The van der Waals surface area contributed by atoms with E-state index >= 15 is 0 Å². The summed E-state index contributed by atoms with van der Waals surface area (Å²) in [6.07, 6.45) is 12.6. The van der Waals surface area contributed by atoms with E-state index < -0.39 is 64.0 Å². The summed E-state index contributed by atoms with van der Waals surface area (Å²) in [6, 6.07) is -3.26. The third-order valence-corrected chi connectivity index (χ3v) is 13.6. The summed E-state index contributed by atoms with van der Waals surface area (Å²) >= 11 is 0. The smallest absolute Gasteiger partial charge is 0.315 e. The molecular formula is C42H67N5O7. The number of fused-ring (bicyclic) bond motifs is 1. The zero-order chi connectivity index (χ0) is 39.6. The van der Waals surface area contributed by atoms with Crippen LogP contribution in [0.3, 0.4) is 0 Å². The van der Waals surface area contributed by atoms with Crippen LogP contribution in [0.2, 0.25) is 0 Å². The highest BCUT2D eigenvalue weighted by atomic mass is 16.2. The third kappa shape index (κ3) is 9.20. The standard InChI is InChI=1S/C42H67N5O7/c1-8-9-16-29(32(49)36(52)43-27-17-18-27)44-35(51)31-30-28(40(30,5)6)24-47(31)37(53)33(41(7)19-12-10-13-20-41)45-38(54)46-42(21-14-11-15-22-42)23-26(25-48)34(50)39(2,3)4/h25-31,33H,8-24H2,1-7H3,(H,43,52)(H,44,51)(H2,45,46,54). The molecule has 5 rings (SSSR count). The summed E-state index contributed by atoms with van der Waals surface area (Å²) in [5, 5.41) is 12.0. The average molecular weight is 754 g/mol. The van der Waals surface area contributed by atoms with Crippen LogP contribution in [0.5, 0.6) is 0 Å². The fourth-order valence-corrected chi connectivity index (χ4v) is 9.93. The molecule has 302 valence electrons. The highest BCUT2D eigenvalue weighted by Crippen LogP contribution is 2.65. The Morgan fingerprint density at radius 2 is 1.48 bits per heavy atom. The second-order valence-corrected chi connectivity index (χ2v) is 19.4. The molecule has 4 aliphatic carbocycles. The highest BCUT2D eigenvalue weighted by molar-refractivity contribution is 6.38. The lowest BCUT2D eigenvalue weighted by Gasteiger charge is -2.44. The number of amides is 5. The Kier molecular flexibility index (Phi) is 12.7. The first kappa shape index (κ1) is 41.8. The minimum atomic E-state index is -0.989. The summed E-state index contributed by atoms with van der Waals surface area (Å²) in [5.74, 6) is -3.14. The number of urea groups is 1. The van der Waals surface area contributed by atoms with E-state index in [4.69, 9.17) is 0 Å². The fraction of sp³-hybridized carbons (Fsp3) is 0.833. The van der Waals surface area contributed by atoms with Crippen LogP contribution in [-0.2, 0) is 28.8 Å². The van der Waals surface area contributed by atoms with Gasteiger partial charge in [-0.1, -0.05) is 99.8 Å². The van der Waals surface area contributed by atoms with Crippen molar-refractivity contribution in [1.82, 2.24) is 26.2 Å². The molecule has 5 aliphatic rings. The lowest BCUT2D eigenvalue weighted by Crippen LogP contribution is -2.64. The number of carbonyl (C=O) groups excluding carboxylic acids is 7. The maximum Gasteiger partial charge on any atom is 0.315 e. The van der Waals surface area contributed by atoms with Crippen LogP contribution in [0.25, 0.3) is 0 Å². The molecule has 1 saturated heterocycles. The van der Waals surface area contributed by atoms with E-state index in [9.17, 15) is 33.6 Å². The number of hydrogen-bond acceptors (Lipinski definition) is 7. The van der Waals surface area contributed by atoms with Gasteiger partial charge < -0.3 is 31.0 Å². The van der Waals surface area contributed by atoms with Gasteiger partial charge in [-0.2, -0.15) is 0 Å². The van der Waals surface area contributed by atoms with Gasteiger partial charge in [-0.3, -0.25) is 24.0 Å². The molecule has 1 heterocycles. The molecule has 0 aromatic rings. The van der Waals surface area contributed by atoms with Crippen LogP contribution in [0.4, 0.5) is 4.79 Å². The SMILES string of the molecule is CCCCC(NC(=O)C1C2C(CN1C(=O)C(NC(=O)NC1(CC(C=O)C(=O)C(C)(C)C)CCCCC1)C1(C)CCCCC1)C2(C)C)C(=O)C(=O)NC1CC1. The Hall–Kier alpha value is -3.31. The molecule has 12 nitrogen and oxygen atoms in total. The van der Waals surface area contributed by atoms with E-state index in [-0.39, 0.29) is 41.4 Å². The minimum Gasteiger partial charge on any atom is -0.347 e. The van der Waals surface area contributed by atoms with Crippen LogP contribution in [0, 0.1) is 34.0 Å². The minimum absolute atomic E-state index is 0.00755. The van der Waals surface area contributed by atoms with Gasteiger partial charge in [0.1, 0.15) is 24.2 Å². The van der Waals surface area contributed by atoms with Gasteiger partial charge in [-0.15, -0.1) is 0 Å². The van der Waals surface area contributed by atoms with Crippen molar-refractivity contribution in [2.24, 2.45) is 34.0 Å². The van der Waals surface area contributed by atoms with Crippen molar-refractivity contribution in [2.45, 2.75) is 181 Å². The molecule has 0 aromatic carbocycles. The van der Waals surface area contributed by atoms with Crippen molar-refractivity contribution in [3.05, 3.63) is 0 Å². The zero-order valence-electron chi connectivity index (χ0n) is 33.9. The number of aldehydes is 1. The van der Waals surface area contributed by atoms with Crippen molar-refractivity contribution >= 4 is 41.6 Å². The van der Waals surface area contributed by atoms with E-state index in [1.165, 1.54) is 0 Å². The number of unbranched alkanes of at least 4 members (excludes halogenated alkanes) is 1. The zero-order valence-corrected chi connectivity index (χ0v) is 33.9. The molecular weight excluding hydrogens is 686 g/mol. The monoisotopic (exact) mass is 754 g/mol. The van der Waals surface area contributed by atoms with E-state index in [0.29, 0.717) is 38.5 Å². The van der Waals surface area contributed by atoms with Crippen molar-refractivity contribution in [2.75, 3.05) is 6.54 Å². The molecule has 0 radical (unpaired) electrons. The van der Waals surface area contributed by atoms with Gasteiger partial charge in [0.25, 0.3) is 5.91 Å². The predicted molar refractivity (Wildman–Crippen MR) is 205 cm³/mol. The number of Topliss-reactive ketones (excluding diaryl/α,β-unsaturated/α-hetero) is 2. The summed E-state index contributed by atoms with van der Waals surface area (Å²) in [6.45, 7) is 14.0. The number of nitrogens with zero attached hydrogens (tertiary/aromatic N) is 1. The van der Waals surface area contributed by atoms with E-state index in [2.05, 4.69) is 35.1 Å². The Morgan fingerprint density at radius 3 is 2.04 bits per heavy atom. The summed E-state index contributed by atoms with van der Waals surface area (Å²) in [5.41, 5.74) is -2.24. The third-order valence-electron chi connectivity index (χ3n) is 13.6. The topological polar surface area (TPSA) is 171 Å². The maximum atomic E-state index is 15.0. The van der Waals surface area contributed by atoms with E-state index in [0.717, 1.165) is 70.6 Å². The van der Waals surface area contributed by atoms with Crippen LogP contribution >= 0.6 is 0 Å². The molecule has 5 fully saturated rings. The molecule has 4 saturated carbocycles. The second kappa shape index (κ2) is 16.4. The van der Waals surface area contributed by atoms with Crippen LogP contribution in [-0.4, -0.2) is 82.8 Å². The number of piperidine rings is 1. The number of rotatable bonds is 16. The molecule has 12 heteroatoms. The average Bonchev–Trinajstić information content (AvgIpc) is 3.98. The molecule has 5 amide bonds. The lowest BCUT2D eigenvalue weighted by atomic mass is 9.70. The van der Waals surface area contributed by atoms with Gasteiger partial charge in [0.15, 0.2) is 0 Å². The second-order valence-electron chi connectivity index (χ2n) is 19.4. The van der Waals surface area contributed by atoms with Crippen LogP contribution < -0.4 is 21.3 Å². The Morgan fingerprint density at radius 1 is 0.870 bits per heavy atom. The van der Waals surface area contributed by atoms with Gasteiger partial charge >= 0.3 is 6.03 Å². The first-order chi connectivity index (χ1) is 25.4.